The van der Waals surface area contributed by atoms with Crippen LogP contribution in [0.2, 0.25) is 0 Å². The summed E-state index contributed by atoms with van der Waals surface area (Å²) in [6.07, 6.45) is 1.55. The first-order chi connectivity index (χ1) is 13.7. The standard InChI is InChI=1S/C23H19NO3S/c25-21(17-8-6-16(7-9-17)18-10-13-28-14-18)24-12-3-11-23(15-24)20-5-2-1-4-19(20)22(26)27-23/h1-2,4-10,13-14H,3,11-12,15H2. The van der Waals surface area contributed by atoms with E-state index in [4.69, 9.17) is 4.74 Å². The molecule has 4 nitrogen and oxygen atoms in total. The maximum atomic E-state index is 13.1. The second-order valence-corrected chi connectivity index (χ2v) is 8.13. The molecule has 2 aliphatic heterocycles. The van der Waals surface area contributed by atoms with Gasteiger partial charge in [-0.15, -0.1) is 0 Å². The number of piperidine rings is 1. The third kappa shape index (κ3) is 2.74. The Hall–Kier alpha value is -2.92. The molecule has 3 heterocycles. The van der Waals surface area contributed by atoms with Gasteiger partial charge in [0.15, 0.2) is 5.60 Å². The van der Waals surface area contributed by atoms with Crippen LogP contribution in [0.3, 0.4) is 0 Å². The zero-order chi connectivity index (χ0) is 19.1. The van der Waals surface area contributed by atoms with Crippen LogP contribution in [0.15, 0.2) is 65.4 Å². The fourth-order valence-electron chi connectivity index (χ4n) is 4.26. The molecule has 0 bridgehead atoms. The number of hydrogen-bond donors (Lipinski definition) is 0. The summed E-state index contributed by atoms with van der Waals surface area (Å²) in [6.45, 7) is 1.08. The lowest BCUT2D eigenvalue weighted by atomic mass is 9.85. The molecule has 1 aromatic heterocycles. The van der Waals surface area contributed by atoms with Gasteiger partial charge in [0.25, 0.3) is 5.91 Å². The van der Waals surface area contributed by atoms with Crippen molar-refractivity contribution in [3.05, 3.63) is 82.0 Å². The number of ether oxygens (including phenoxy) is 1. The van der Waals surface area contributed by atoms with Crippen LogP contribution in [0.5, 0.6) is 0 Å². The topological polar surface area (TPSA) is 46.6 Å². The van der Waals surface area contributed by atoms with E-state index in [1.807, 2.05) is 52.7 Å². The number of thiophene rings is 1. The average Bonchev–Trinajstić information content (AvgIpc) is 3.36. The number of benzene rings is 2. The van der Waals surface area contributed by atoms with E-state index in [0.717, 1.165) is 29.5 Å². The van der Waals surface area contributed by atoms with Crippen LogP contribution in [-0.2, 0) is 10.3 Å². The number of amides is 1. The number of rotatable bonds is 2. The number of hydrogen-bond acceptors (Lipinski definition) is 4. The Morgan fingerprint density at radius 1 is 1.04 bits per heavy atom. The fraction of sp³-hybridized carbons (Fsp3) is 0.217. The highest BCUT2D eigenvalue weighted by molar-refractivity contribution is 7.08. The van der Waals surface area contributed by atoms with Gasteiger partial charge >= 0.3 is 5.97 Å². The van der Waals surface area contributed by atoms with E-state index in [1.54, 1.807) is 17.4 Å². The average molecular weight is 389 g/mol. The van der Waals surface area contributed by atoms with Gasteiger partial charge in [-0.25, -0.2) is 4.79 Å². The van der Waals surface area contributed by atoms with Crippen LogP contribution in [0, 0.1) is 0 Å². The molecule has 0 aliphatic carbocycles. The molecule has 0 radical (unpaired) electrons. The molecule has 5 rings (SSSR count). The first-order valence-corrected chi connectivity index (χ1v) is 10.4. The fourth-order valence-corrected chi connectivity index (χ4v) is 4.93. The van der Waals surface area contributed by atoms with Gasteiger partial charge in [0, 0.05) is 17.7 Å². The summed E-state index contributed by atoms with van der Waals surface area (Å²) < 4.78 is 5.81. The Morgan fingerprint density at radius 3 is 2.64 bits per heavy atom. The lowest BCUT2D eigenvalue weighted by molar-refractivity contribution is -0.0442. The third-order valence-electron chi connectivity index (χ3n) is 5.65. The van der Waals surface area contributed by atoms with Gasteiger partial charge in [-0.3, -0.25) is 4.79 Å². The molecule has 2 aromatic carbocycles. The summed E-state index contributed by atoms with van der Waals surface area (Å²) in [5, 5.41) is 4.14. The first-order valence-electron chi connectivity index (χ1n) is 9.41. The zero-order valence-corrected chi connectivity index (χ0v) is 16.1. The molecule has 1 saturated heterocycles. The Balaban J connectivity index is 1.40. The number of likely N-dealkylation sites (tertiary alicyclic amines) is 1. The van der Waals surface area contributed by atoms with Crippen molar-refractivity contribution in [2.24, 2.45) is 0 Å². The Morgan fingerprint density at radius 2 is 1.86 bits per heavy atom. The normalized spacial score (nSPS) is 20.9. The van der Waals surface area contributed by atoms with Gasteiger partial charge in [-0.05, 0) is 59.0 Å². The van der Waals surface area contributed by atoms with Crippen LogP contribution in [0.1, 0.15) is 39.1 Å². The SMILES string of the molecule is O=C1OC2(CCCN(C(=O)c3ccc(-c4ccsc4)cc3)C2)c2ccccc21. The predicted molar refractivity (Wildman–Crippen MR) is 108 cm³/mol. The summed E-state index contributed by atoms with van der Waals surface area (Å²) in [5.41, 5.74) is 3.75. The minimum Gasteiger partial charge on any atom is -0.449 e. The van der Waals surface area contributed by atoms with Gasteiger partial charge in [0.2, 0.25) is 0 Å². The number of esters is 1. The van der Waals surface area contributed by atoms with Crippen LogP contribution >= 0.6 is 11.3 Å². The van der Waals surface area contributed by atoms with Crippen molar-refractivity contribution in [2.45, 2.75) is 18.4 Å². The molecule has 28 heavy (non-hydrogen) atoms. The van der Waals surface area contributed by atoms with Crippen molar-refractivity contribution in [1.82, 2.24) is 4.90 Å². The van der Waals surface area contributed by atoms with Crippen molar-refractivity contribution < 1.29 is 14.3 Å². The van der Waals surface area contributed by atoms with E-state index in [9.17, 15) is 9.59 Å². The van der Waals surface area contributed by atoms with Gasteiger partial charge in [-0.1, -0.05) is 30.3 Å². The monoisotopic (exact) mass is 389 g/mol. The molecular weight excluding hydrogens is 370 g/mol. The predicted octanol–water partition coefficient (Wildman–Crippen LogP) is 4.72. The zero-order valence-electron chi connectivity index (χ0n) is 15.3. The van der Waals surface area contributed by atoms with Gasteiger partial charge in [0.05, 0.1) is 12.1 Å². The van der Waals surface area contributed by atoms with Gasteiger partial charge in [-0.2, -0.15) is 11.3 Å². The van der Waals surface area contributed by atoms with Crippen LogP contribution < -0.4 is 0 Å². The molecule has 1 fully saturated rings. The van der Waals surface area contributed by atoms with E-state index >= 15 is 0 Å². The number of nitrogens with zero attached hydrogens (tertiary/aromatic N) is 1. The third-order valence-corrected chi connectivity index (χ3v) is 6.34. The highest BCUT2D eigenvalue weighted by atomic mass is 32.1. The van der Waals surface area contributed by atoms with Crippen molar-refractivity contribution in [1.29, 1.82) is 0 Å². The van der Waals surface area contributed by atoms with Crippen LogP contribution in [0.25, 0.3) is 11.1 Å². The summed E-state index contributed by atoms with van der Waals surface area (Å²) >= 11 is 1.66. The summed E-state index contributed by atoms with van der Waals surface area (Å²) in [7, 11) is 0. The highest BCUT2D eigenvalue weighted by Crippen LogP contribution is 2.43. The second kappa shape index (κ2) is 6.60. The van der Waals surface area contributed by atoms with Gasteiger partial charge < -0.3 is 9.64 Å². The minimum absolute atomic E-state index is 0.0172. The minimum atomic E-state index is -0.710. The van der Waals surface area contributed by atoms with Crippen molar-refractivity contribution in [3.63, 3.8) is 0 Å². The highest BCUT2D eigenvalue weighted by Gasteiger charge is 2.48. The summed E-state index contributed by atoms with van der Waals surface area (Å²) in [6, 6.07) is 17.3. The molecule has 3 aromatic rings. The van der Waals surface area contributed by atoms with E-state index in [0.29, 0.717) is 24.2 Å². The molecule has 0 saturated carbocycles. The number of carbonyl (C=O) groups excluding carboxylic acids is 2. The Kier molecular flexibility index (Phi) is 4.05. The van der Waals surface area contributed by atoms with E-state index in [1.165, 1.54) is 0 Å². The Labute approximate surface area is 167 Å². The Bertz CT molecular complexity index is 1040. The maximum Gasteiger partial charge on any atom is 0.339 e. The first kappa shape index (κ1) is 17.2. The van der Waals surface area contributed by atoms with Crippen molar-refractivity contribution in [2.75, 3.05) is 13.1 Å². The largest absolute Gasteiger partial charge is 0.449 e. The molecule has 5 heteroatoms. The van der Waals surface area contributed by atoms with Crippen molar-refractivity contribution >= 4 is 23.2 Å². The van der Waals surface area contributed by atoms with Gasteiger partial charge in [0.1, 0.15) is 0 Å². The lowest BCUT2D eigenvalue weighted by Crippen LogP contribution is -2.48. The molecule has 0 N–H and O–H groups in total. The number of carbonyl (C=O) groups is 2. The molecule has 1 atom stereocenters. The van der Waals surface area contributed by atoms with Crippen LogP contribution in [0.4, 0.5) is 0 Å². The lowest BCUT2D eigenvalue weighted by Gasteiger charge is -2.39. The maximum absolute atomic E-state index is 13.1. The van der Waals surface area contributed by atoms with E-state index < -0.39 is 5.60 Å². The molecule has 1 amide bonds. The number of fused-ring (bicyclic) bond motifs is 2. The quantitative estimate of drug-likeness (QED) is 0.596. The van der Waals surface area contributed by atoms with Crippen molar-refractivity contribution in [3.8, 4) is 11.1 Å². The summed E-state index contributed by atoms with van der Waals surface area (Å²) in [4.78, 5) is 27.2. The van der Waals surface area contributed by atoms with Crippen LogP contribution in [-0.4, -0.2) is 29.9 Å². The second-order valence-electron chi connectivity index (χ2n) is 7.35. The smallest absolute Gasteiger partial charge is 0.339 e. The summed E-state index contributed by atoms with van der Waals surface area (Å²) in [5.74, 6) is -0.304. The van der Waals surface area contributed by atoms with E-state index in [2.05, 4.69) is 11.4 Å². The van der Waals surface area contributed by atoms with E-state index in [-0.39, 0.29) is 11.9 Å². The molecule has 2 aliphatic rings. The molecule has 1 spiro atoms. The molecule has 1 unspecified atom stereocenters. The molecular formula is C23H19NO3S. The molecule has 140 valence electrons.